The molecule has 1 aromatic heterocycles. The van der Waals surface area contributed by atoms with E-state index in [0.717, 1.165) is 16.0 Å². The average molecular weight is 670 g/mol. The van der Waals surface area contributed by atoms with Gasteiger partial charge in [-0.05, 0) is 106 Å². The molecule has 1 heterocycles. The Balaban J connectivity index is 1.68. The van der Waals surface area contributed by atoms with Crippen molar-refractivity contribution in [3.63, 3.8) is 0 Å². The fraction of sp³-hybridized carbons (Fsp3) is 0.324. The van der Waals surface area contributed by atoms with E-state index in [1.165, 1.54) is 6.20 Å². The Bertz CT molecular complexity index is 1800. The van der Waals surface area contributed by atoms with Crippen LogP contribution < -0.4 is 21.3 Å². The summed E-state index contributed by atoms with van der Waals surface area (Å²) >= 11 is 0. The lowest BCUT2D eigenvalue weighted by molar-refractivity contribution is -0.137. The number of aryl methyl sites for hydroxylation is 1. The third-order valence-electron chi connectivity index (χ3n) is 7.04. The molecule has 0 radical (unpaired) electrons. The van der Waals surface area contributed by atoms with E-state index in [4.69, 9.17) is 20.3 Å². The minimum absolute atomic E-state index is 0.00502. The lowest BCUT2D eigenvalue weighted by Gasteiger charge is -2.28. The predicted octanol–water partition coefficient (Wildman–Crippen LogP) is 6.98. The van der Waals surface area contributed by atoms with Crippen molar-refractivity contribution < 1.29 is 33.8 Å². The number of nitrogens with two attached hydrogens (primary N) is 1. The average Bonchev–Trinajstić information content (AvgIpc) is 3.00. The van der Waals surface area contributed by atoms with Crippen molar-refractivity contribution in [3.8, 4) is 0 Å². The van der Waals surface area contributed by atoms with Gasteiger partial charge in [0.25, 0.3) is 0 Å². The van der Waals surface area contributed by atoms with E-state index in [1.54, 1.807) is 102 Å². The van der Waals surface area contributed by atoms with Gasteiger partial charge in [0.1, 0.15) is 17.2 Å². The number of imide groups is 1. The second-order valence-electron chi connectivity index (χ2n) is 13.5. The number of ether oxygens (including phenoxy) is 2. The number of carboxylic acid groups (broad SMARTS) is 1. The molecule has 49 heavy (non-hydrogen) atoms. The maximum atomic E-state index is 13.7. The molecule has 0 saturated heterocycles. The lowest BCUT2D eigenvalue weighted by atomic mass is 10.0. The third kappa shape index (κ3) is 10.4. The van der Waals surface area contributed by atoms with Crippen LogP contribution in [-0.2, 0) is 32.0 Å². The Hall–Kier alpha value is -5.65. The van der Waals surface area contributed by atoms with Crippen LogP contribution in [0.1, 0.15) is 70.7 Å². The third-order valence-corrected chi connectivity index (χ3v) is 7.04. The number of nitrogen functional groups attached to an aromatic ring is 1. The van der Waals surface area contributed by atoms with E-state index in [0.29, 0.717) is 34.1 Å². The number of rotatable bonds is 10. The van der Waals surface area contributed by atoms with Gasteiger partial charge in [0.15, 0.2) is 5.82 Å². The molecule has 4 aromatic rings. The smallest absolute Gasteiger partial charge is 0.425 e. The lowest BCUT2D eigenvalue weighted by Crippen LogP contribution is -2.44. The van der Waals surface area contributed by atoms with Gasteiger partial charge in [0.05, 0.1) is 0 Å². The zero-order chi connectivity index (χ0) is 35.9. The van der Waals surface area contributed by atoms with Crippen LogP contribution in [0.5, 0.6) is 0 Å². The van der Waals surface area contributed by atoms with Crippen molar-refractivity contribution in [2.75, 3.05) is 16.0 Å². The molecule has 0 fully saturated rings. The fourth-order valence-corrected chi connectivity index (χ4v) is 4.88. The Morgan fingerprint density at radius 3 is 2.10 bits per heavy atom. The maximum absolute atomic E-state index is 13.7. The largest absolute Gasteiger partial charge is 0.481 e. The molecule has 4 rings (SSSR count). The van der Waals surface area contributed by atoms with E-state index in [2.05, 4.69) is 15.6 Å². The van der Waals surface area contributed by atoms with Crippen LogP contribution in [0, 0.1) is 0 Å². The highest BCUT2D eigenvalue weighted by Gasteiger charge is 2.34. The number of nitrogens with one attached hydrogen (secondary N) is 2. The number of hydrogen-bond acceptors (Lipinski definition) is 9. The molecule has 0 spiro atoms. The Morgan fingerprint density at radius 1 is 0.857 bits per heavy atom. The number of aromatic nitrogens is 1. The number of pyridine rings is 1. The number of carboxylic acids is 1. The van der Waals surface area contributed by atoms with Gasteiger partial charge in [0, 0.05) is 35.9 Å². The van der Waals surface area contributed by atoms with Gasteiger partial charge in [-0.25, -0.2) is 14.6 Å². The fourth-order valence-electron chi connectivity index (χ4n) is 4.88. The van der Waals surface area contributed by atoms with Gasteiger partial charge in [-0.1, -0.05) is 36.4 Å². The number of nitrogens with zero attached hydrogens (tertiary/aromatic N) is 2. The molecule has 3 amide bonds. The van der Waals surface area contributed by atoms with Crippen molar-refractivity contribution in [2.24, 2.45) is 0 Å². The standard InChI is InChI=1S/C37H43N5O7/c1-36(2,3)48-34(46)42(35(47)49-37(4,5)6)32-29-16-15-28(21-26(29)18-19-39-32)41-31(25-13-10-23(11-14-25)12-17-30(43)44)33(45)40-22-24-8-7-9-27(38)20-24/h7-11,13-16,18-21,31,41H,12,17,22,38H2,1-6H3,(H,40,45)(H,43,44). The minimum Gasteiger partial charge on any atom is -0.481 e. The van der Waals surface area contributed by atoms with Crippen LogP contribution in [0.25, 0.3) is 10.8 Å². The second kappa shape index (κ2) is 15.1. The first kappa shape index (κ1) is 36.2. The summed E-state index contributed by atoms with van der Waals surface area (Å²) in [6, 6.07) is 20.5. The predicted molar refractivity (Wildman–Crippen MR) is 188 cm³/mol. The molecule has 0 saturated carbocycles. The highest BCUT2D eigenvalue weighted by Crippen LogP contribution is 2.31. The SMILES string of the molecule is CC(C)(C)OC(=O)N(C(=O)OC(C)(C)C)c1nccc2cc(NC(C(=O)NCc3cccc(N)c3)c3ccc(CCC(=O)O)cc3)ccc12. The molecule has 258 valence electrons. The summed E-state index contributed by atoms with van der Waals surface area (Å²) < 4.78 is 11.1. The zero-order valence-corrected chi connectivity index (χ0v) is 28.6. The maximum Gasteiger partial charge on any atom is 0.425 e. The van der Waals surface area contributed by atoms with Gasteiger partial charge >= 0.3 is 18.2 Å². The first-order chi connectivity index (χ1) is 23.0. The monoisotopic (exact) mass is 669 g/mol. The summed E-state index contributed by atoms with van der Waals surface area (Å²) in [5.41, 5.74) is 7.61. The Kier molecular flexibility index (Phi) is 11.1. The van der Waals surface area contributed by atoms with E-state index in [1.807, 2.05) is 12.1 Å². The zero-order valence-electron chi connectivity index (χ0n) is 28.6. The summed E-state index contributed by atoms with van der Waals surface area (Å²) in [5.74, 6) is -1.17. The molecule has 5 N–H and O–H groups in total. The molecule has 0 aliphatic rings. The van der Waals surface area contributed by atoms with Crippen molar-refractivity contribution in [2.45, 2.75) is 78.2 Å². The first-order valence-electron chi connectivity index (χ1n) is 15.8. The highest BCUT2D eigenvalue weighted by molar-refractivity contribution is 6.14. The molecular formula is C37H43N5O7. The van der Waals surface area contributed by atoms with Crippen molar-refractivity contribution in [1.82, 2.24) is 10.3 Å². The van der Waals surface area contributed by atoms with Gasteiger partial charge in [-0.15, -0.1) is 0 Å². The van der Waals surface area contributed by atoms with E-state index in [9.17, 15) is 19.2 Å². The van der Waals surface area contributed by atoms with Crippen LogP contribution in [0.4, 0.5) is 26.8 Å². The number of benzene rings is 3. The molecular weight excluding hydrogens is 626 g/mol. The molecule has 1 atom stereocenters. The van der Waals surface area contributed by atoms with E-state index < -0.39 is 35.4 Å². The molecule has 12 nitrogen and oxygen atoms in total. The molecule has 0 aliphatic carbocycles. The Morgan fingerprint density at radius 2 is 1.51 bits per heavy atom. The molecule has 3 aromatic carbocycles. The number of hydrogen-bond donors (Lipinski definition) is 4. The summed E-state index contributed by atoms with van der Waals surface area (Å²) in [6.45, 7) is 10.4. The molecule has 0 aliphatic heterocycles. The Labute approximate surface area is 285 Å². The number of anilines is 3. The number of amides is 3. The van der Waals surface area contributed by atoms with Crippen LogP contribution in [0.3, 0.4) is 0 Å². The quantitative estimate of drug-likeness (QED) is 0.129. The molecule has 0 bridgehead atoms. The topological polar surface area (TPSA) is 173 Å². The van der Waals surface area contributed by atoms with Gasteiger partial charge in [-0.2, -0.15) is 4.90 Å². The van der Waals surface area contributed by atoms with Crippen LogP contribution in [0.15, 0.2) is 79.0 Å². The molecule has 1 unspecified atom stereocenters. The van der Waals surface area contributed by atoms with E-state index in [-0.39, 0.29) is 24.7 Å². The van der Waals surface area contributed by atoms with Crippen LogP contribution >= 0.6 is 0 Å². The molecule has 12 heteroatoms. The van der Waals surface area contributed by atoms with Gasteiger partial charge in [0.2, 0.25) is 5.91 Å². The van der Waals surface area contributed by atoms with Gasteiger partial charge in [-0.3, -0.25) is 9.59 Å². The number of carbonyl (C=O) groups excluding carboxylic acids is 3. The normalized spacial score (nSPS) is 12.1. The first-order valence-corrected chi connectivity index (χ1v) is 15.8. The van der Waals surface area contributed by atoms with Crippen LogP contribution in [0.2, 0.25) is 0 Å². The summed E-state index contributed by atoms with van der Waals surface area (Å²) in [5, 5.41) is 16.4. The van der Waals surface area contributed by atoms with Crippen molar-refractivity contribution >= 4 is 52.0 Å². The van der Waals surface area contributed by atoms with Crippen molar-refractivity contribution in [1.29, 1.82) is 0 Å². The van der Waals surface area contributed by atoms with Crippen LogP contribution in [-0.4, -0.2) is 45.4 Å². The summed E-state index contributed by atoms with van der Waals surface area (Å²) in [6.07, 6.45) is -0.0516. The van der Waals surface area contributed by atoms with Gasteiger partial charge < -0.3 is 30.9 Å². The minimum atomic E-state index is -0.937. The second-order valence-corrected chi connectivity index (χ2v) is 13.5. The number of carbonyl (C=O) groups is 4. The number of aliphatic carboxylic acids is 1. The summed E-state index contributed by atoms with van der Waals surface area (Å²) in [4.78, 5) is 56.5. The van der Waals surface area contributed by atoms with E-state index >= 15 is 0 Å². The highest BCUT2D eigenvalue weighted by atomic mass is 16.6. The number of fused-ring (bicyclic) bond motifs is 1. The summed E-state index contributed by atoms with van der Waals surface area (Å²) in [7, 11) is 0. The van der Waals surface area contributed by atoms with Crippen molar-refractivity contribution in [3.05, 3.63) is 95.7 Å².